The molecular weight excluding hydrogens is 323 g/mol. The van der Waals surface area contributed by atoms with E-state index in [4.69, 9.17) is 4.74 Å². The lowest BCUT2D eigenvalue weighted by Gasteiger charge is -2.48. The molecule has 24 heavy (non-hydrogen) atoms. The van der Waals surface area contributed by atoms with E-state index in [0.29, 0.717) is 32.7 Å². The number of aromatic nitrogens is 2. The molecule has 2 aliphatic heterocycles. The monoisotopic (exact) mass is 345 g/mol. The van der Waals surface area contributed by atoms with Gasteiger partial charge in [0.15, 0.2) is 0 Å². The molecule has 0 amide bonds. The van der Waals surface area contributed by atoms with Crippen LogP contribution in [0.25, 0.3) is 0 Å². The Labute approximate surface area is 138 Å². The van der Waals surface area contributed by atoms with Crippen LogP contribution in [0, 0.1) is 11.8 Å². The fourth-order valence-corrected chi connectivity index (χ4v) is 3.78. The van der Waals surface area contributed by atoms with Crippen molar-refractivity contribution in [2.75, 3.05) is 31.2 Å². The summed E-state index contributed by atoms with van der Waals surface area (Å²) >= 11 is 0. The van der Waals surface area contributed by atoms with Gasteiger partial charge in [0.25, 0.3) is 0 Å². The van der Waals surface area contributed by atoms with Crippen LogP contribution in [0.15, 0.2) is 12.3 Å². The highest BCUT2D eigenvalue weighted by Crippen LogP contribution is 2.40. The summed E-state index contributed by atoms with van der Waals surface area (Å²) in [6.07, 6.45) is -1.21. The number of piperidine rings is 1. The first kappa shape index (κ1) is 17.4. The topological polar surface area (TPSA) is 58.5 Å². The maximum Gasteiger partial charge on any atom is 0.433 e. The minimum absolute atomic E-state index is 0.0747. The first-order valence-corrected chi connectivity index (χ1v) is 8.26. The van der Waals surface area contributed by atoms with Gasteiger partial charge >= 0.3 is 6.18 Å². The molecule has 1 aromatic rings. The first-order valence-electron chi connectivity index (χ1n) is 8.26. The summed E-state index contributed by atoms with van der Waals surface area (Å²) in [6, 6.07) is 0.870. The average molecular weight is 345 g/mol. The van der Waals surface area contributed by atoms with E-state index in [-0.39, 0.29) is 17.8 Å². The highest BCUT2D eigenvalue weighted by molar-refractivity contribution is 5.32. The Morgan fingerprint density at radius 2 is 2.04 bits per heavy atom. The van der Waals surface area contributed by atoms with Gasteiger partial charge in [-0.3, -0.25) is 0 Å². The maximum atomic E-state index is 12.8. The van der Waals surface area contributed by atoms with Crippen LogP contribution >= 0.6 is 0 Å². The fourth-order valence-electron chi connectivity index (χ4n) is 3.78. The second-order valence-corrected chi connectivity index (χ2v) is 6.71. The number of anilines is 1. The van der Waals surface area contributed by atoms with Crippen molar-refractivity contribution in [3.05, 3.63) is 18.0 Å². The Morgan fingerprint density at radius 3 is 2.67 bits per heavy atom. The molecule has 0 spiro atoms. The Kier molecular flexibility index (Phi) is 4.70. The second kappa shape index (κ2) is 6.48. The maximum absolute atomic E-state index is 12.8. The number of hydrogen-bond donors (Lipinski definition) is 1. The Balaban J connectivity index is 1.73. The van der Waals surface area contributed by atoms with Gasteiger partial charge in [0.2, 0.25) is 5.95 Å². The summed E-state index contributed by atoms with van der Waals surface area (Å²) in [5.74, 6) is 0.170. The normalized spacial score (nSPS) is 29.7. The predicted octanol–water partition coefficient (Wildman–Crippen LogP) is 2.50. The summed E-state index contributed by atoms with van der Waals surface area (Å²) in [4.78, 5) is 9.36. The standard InChI is InChI=1S/C16H22F3N3O2/c1-11-10-22(14-20-6-2-13(21-14)16(17,18)19)7-5-15(11,23)12-3-8-24-9-4-12/h2,6,11-12,23H,3-5,7-10H2,1H3/t11?,15-/m0/s1. The van der Waals surface area contributed by atoms with Crippen LogP contribution in [0.3, 0.4) is 0 Å². The molecule has 5 nitrogen and oxygen atoms in total. The van der Waals surface area contributed by atoms with Gasteiger partial charge in [0.05, 0.1) is 5.60 Å². The third-order valence-corrected chi connectivity index (χ3v) is 5.27. The van der Waals surface area contributed by atoms with E-state index in [1.54, 1.807) is 4.90 Å². The number of rotatable bonds is 2. The molecule has 0 bridgehead atoms. The van der Waals surface area contributed by atoms with E-state index in [0.717, 1.165) is 25.1 Å². The molecule has 2 atom stereocenters. The molecule has 2 aliphatic rings. The minimum atomic E-state index is -4.48. The molecule has 1 aromatic heterocycles. The summed E-state index contributed by atoms with van der Waals surface area (Å²) in [7, 11) is 0. The molecule has 0 radical (unpaired) electrons. The molecule has 1 unspecified atom stereocenters. The van der Waals surface area contributed by atoms with E-state index in [9.17, 15) is 18.3 Å². The molecule has 2 saturated heterocycles. The lowest BCUT2D eigenvalue weighted by atomic mass is 9.70. The molecule has 3 rings (SSSR count). The average Bonchev–Trinajstić information content (AvgIpc) is 2.57. The van der Waals surface area contributed by atoms with Crippen molar-refractivity contribution >= 4 is 5.95 Å². The van der Waals surface area contributed by atoms with Crippen molar-refractivity contribution in [1.82, 2.24) is 9.97 Å². The third-order valence-electron chi connectivity index (χ3n) is 5.27. The second-order valence-electron chi connectivity index (χ2n) is 6.71. The van der Waals surface area contributed by atoms with E-state index in [1.165, 1.54) is 0 Å². The van der Waals surface area contributed by atoms with Gasteiger partial charge in [-0.2, -0.15) is 13.2 Å². The van der Waals surface area contributed by atoms with Crippen molar-refractivity contribution in [3.63, 3.8) is 0 Å². The smallest absolute Gasteiger partial charge is 0.389 e. The molecule has 0 aromatic carbocycles. The van der Waals surface area contributed by atoms with E-state index < -0.39 is 17.5 Å². The molecule has 1 N–H and O–H groups in total. The SMILES string of the molecule is CC1CN(c2nccc(C(F)(F)F)n2)CC[C@@]1(O)C1CCOCC1. The lowest BCUT2D eigenvalue weighted by Crippen LogP contribution is -2.56. The summed E-state index contributed by atoms with van der Waals surface area (Å²) < 4.78 is 43.8. The Bertz CT molecular complexity index is 578. The van der Waals surface area contributed by atoms with Crippen LogP contribution in [0.1, 0.15) is 31.9 Å². The molecule has 0 saturated carbocycles. The molecule has 0 aliphatic carbocycles. The number of alkyl halides is 3. The van der Waals surface area contributed by atoms with E-state index >= 15 is 0 Å². The van der Waals surface area contributed by atoms with E-state index in [2.05, 4.69) is 9.97 Å². The summed E-state index contributed by atoms with van der Waals surface area (Å²) in [5.41, 5.74) is -1.74. The quantitative estimate of drug-likeness (QED) is 0.892. The molecule has 2 fully saturated rings. The number of nitrogens with zero attached hydrogens (tertiary/aromatic N) is 3. The largest absolute Gasteiger partial charge is 0.433 e. The van der Waals surface area contributed by atoms with Crippen LogP contribution in [0.2, 0.25) is 0 Å². The van der Waals surface area contributed by atoms with Crippen LogP contribution in [0.4, 0.5) is 19.1 Å². The number of ether oxygens (including phenoxy) is 1. The zero-order valence-corrected chi connectivity index (χ0v) is 13.6. The Morgan fingerprint density at radius 1 is 1.33 bits per heavy atom. The van der Waals surface area contributed by atoms with Gasteiger partial charge < -0.3 is 14.7 Å². The van der Waals surface area contributed by atoms with Crippen molar-refractivity contribution in [1.29, 1.82) is 0 Å². The highest BCUT2D eigenvalue weighted by atomic mass is 19.4. The van der Waals surface area contributed by atoms with Gasteiger partial charge in [-0.05, 0) is 31.2 Å². The van der Waals surface area contributed by atoms with Gasteiger partial charge in [-0.25, -0.2) is 9.97 Å². The molecule has 8 heteroatoms. The van der Waals surface area contributed by atoms with Crippen LogP contribution < -0.4 is 4.90 Å². The van der Waals surface area contributed by atoms with Crippen molar-refractivity contribution < 1.29 is 23.0 Å². The van der Waals surface area contributed by atoms with Crippen molar-refractivity contribution in [2.45, 2.75) is 38.0 Å². The van der Waals surface area contributed by atoms with Gasteiger partial charge in [0.1, 0.15) is 5.69 Å². The van der Waals surface area contributed by atoms with Crippen LogP contribution in [0.5, 0.6) is 0 Å². The summed E-state index contributed by atoms with van der Waals surface area (Å²) in [5, 5.41) is 11.1. The third kappa shape index (κ3) is 3.35. The zero-order chi connectivity index (χ0) is 17.4. The number of hydrogen-bond acceptors (Lipinski definition) is 5. The molecular formula is C16H22F3N3O2. The predicted molar refractivity (Wildman–Crippen MR) is 81.5 cm³/mol. The van der Waals surface area contributed by atoms with Crippen LogP contribution in [-0.4, -0.2) is 47.0 Å². The van der Waals surface area contributed by atoms with Crippen molar-refractivity contribution in [3.8, 4) is 0 Å². The Hall–Kier alpha value is -1.41. The van der Waals surface area contributed by atoms with Gasteiger partial charge in [0, 0.05) is 38.4 Å². The molecule has 134 valence electrons. The highest BCUT2D eigenvalue weighted by Gasteiger charge is 2.45. The first-order chi connectivity index (χ1) is 11.3. The van der Waals surface area contributed by atoms with Crippen LogP contribution in [-0.2, 0) is 10.9 Å². The minimum Gasteiger partial charge on any atom is -0.389 e. The van der Waals surface area contributed by atoms with Crippen molar-refractivity contribution in [2.24, 2.45) is 11.8 Å². The van der Waals surface area contributed by atoms with E-state index in [1.807, 2.05) is 6.92 Å². The fraction of sp³-hybridized carbons (Fsp3) is 0.750. The number of halogens is 3. The summed E-state index contributed by atoms with van der Waals surface area (Å²) in [6.45, 7) is 4.13. The molecule has 3 heterocycles. The lowest BCUT2D eigenvalue weighted by molar-refractivity contribution is -0.141. The van der Waals surface area contributed by atoms with Gasteiger partial charge in [-0.1, -0.05) is 6.92 Å². The number of aliphatic hydroxyl groups is 1. The zero-order valence-electron chi connectivity index (χ0n) is 13.6. The van der Waals surface area contributed by atoms with Gasteiger partial charge in [-0.15, -0.1) is 0 Å².